The van der Waals surface area contributed by atoms with Crippen LogP contribution in [0.15, 0.2) is 48.9 Å². The summed E-state index contributed by atoms with van der Waals surface area (Å²) in [6.45, 7) is 5.41. The lowest BCUT2D eigenvalue weighted by Crippen LogP contribution is -2.38. The van der Waals surface area contributed by atoms with Gasteiger partial charge in [0.25, 0.3) is 0 Å². The fourth-order valence-electron chi connectivity index (χ4n) is 3.78. The second-order valence-corrected chi connectivity index (χ2v) is 7.67. The van der Waals surface area contributed by atoms with E-state index in [1.54, 1.807) is 24.7 Å². The molecule has 2 N–H and O–H groups in total. The molecule has 1 fully saturated rings. The van der Waals surface area contributed by atoms with Crippen molar-refractivity contribution in [2.75, 3.05) is 18.4 Å². The van der Waals surface area contributed by atoms with Crippen molar-refractivity contribution >= 4 is 23.5 Å². The SMILES string of the molecule is Cc1cccc(Nc2cc(C)nc(C3CCCN(C(=O)C=Cc4cnc[nH]4)C3)c2)n1. The van der Waals surface area contributed by atoms with E-state index < -0.39 is 0 Å². The molecule has 1 atom stereocenters. The summed E-state index contributed by atoms with van der Waals surface area (Å²) in [5.41, 5.74) is 4.72. The van der Waals surface area contributed by atoms with Crippen LogP contribution in [0.4, 0.5) is 11.5 Å². The van der Waals surface area contributed by atoms with Crippen molar-refractivity contribution in [3.05, 3.63) is 71.7 Å². The van der Waals surface area contributed by atoms with Crippen molar-refractivity contribution < 1.29 is 4.79 Å². The van der Waals surface area contributed by atoms with Gasteiger partial charge in [-0.05, 0) is 57.0 Å². The quantitative estimate of drug-likeness (QED) is 0.631. The summed E-state index contributed by atoms with van der Waals surface area (Å²) in [6.07, 6.45) is 8.65. The Morgan fingerprint density at radius 1 is 1.23 bits per heavy atom. The number of imidazole rings is 1. The number of nitrogens with zero attached hydrogens (tertiary/aromatic N) is 4. The number of hydrogen-bond acceptors (Lipinski definition) is 5. The van der Waals surface area contributed by atoms with Crippen LogP contribution in [0.2, 0.25) is 0 Å². The Kier molecular flexibility index (Phi) is 5.88. The van der Waals surface area contributed by atoms with E-state index in [0.717, 1.165) is 53.7 Å². The number of H-pyrrole nitrogens is 1. The van der Waals surface area contributed by atoms with Crippen molar-refractivity contribution in [3.8, 4) is 0 Å². The van der Waals surface area contributed by atoms with Crippen molar-refractivity contribution in [2.45, 2.75) is 32.6 Å². The molecule has 4 heterocycles. The average molecular weight is 403 g/mol. The minimum Gasteiger partial charge on any atom is -0.345 e. The lowest BCUT2D eigenvalue weighted by molar-refractivity contribution is -0.127. The number of carbonyl (C=O) groups excluding carboxylic acids is 1. The first-order valence-corrected chi connectivity index (χ1v) is 10.2. The molecule has 1 unspecified atom stereocenters. The highest BCUT2D eigenvalue weighted by Crippen LogP contribution is 2.28. The number of aromatic nitrogens is 4. The highest BCUT2D eigenvalue weighted by Gasteiger charge is 2.25. The molecule has 1 aliphatic rings. The van der Waals surface area contributed by atoms with Crippen molar-refractivity contribution in [3.63, 3.8) is 0 Å². The highest BCUT2D eigenvalue weighted by atomic mass is 16.2. The maximum atomic E-state index is 12.6. The Hall–Kier alpha value is -3.48. The van der Waals surface area contributed by atoms with Crippen LogP contribution in [0.1, 0.15) is 41.5 Å². The number of carbonyl (C=O) groups is 1. The molecular formula is C23H26N6O. The molecule has 30 heavy (non-hydrogen) atoms. The van der Waals surface area contributed by atoms with Gasteiger partial charge in [0.15, 0.2) is 0 Å². The van der Waals surface area contributed by atoms with Crippen LogP contribution in [0.3, 0.4) is 0 Å². The number of aryl methyl sites for hydroxylation is 2. The average Bonchev–Trinajstić information content (AvgIpc) is 3.25. The Morgan fingerprint density at radius 3 is 2.93 bits per heavy atom. The maximum absolute atomic E-state index is 12.6. The molecular weight excluding hydrogens is 376 g/mol. The molecule has 0 saturated carbocycles. The van der Waals surface area contributed by atoms with Gasteiger partial charge in [0, 0.05) is 47.9 Å². The molecule has 3 aromatic rings. The highest BCUT2D eigenvalue weighted by molar-refractivity contribution is 5.91. The second-order valence-electron chi connectivity index (χ2n) is 7.67. The van der Waals surface area contributed by atoms with Crippen molar-refractivity contribution in [1.82, 2.24) is 24.8 Å². The van der Waals surface area contributed by atoms with Crippen LogP contribution in [0.25, 0.3) is 6.08 Å². The Labute approximate surface area is 176 Å². The van der Waals surface area contributed by atoms with E-state index in [2.05, 4.69) is 26.3 Å². The zero-order valence-electron chi connectivity index (χ0n) is 17.3. The van der Waals surface area contributed by atoms with Gasteiger partial charge >= 0.3 is 0 Å². The van der Waals surface area contributed by atoms with Crippen LogP contribution in [0.5, 0.6) is 0 Å². The number of rotatable bonds is 5. The van der Waals surface area contributed by atoms with Gasteiger partial charge in [0.1, 0.15) is 5.82 Å². The van der Waals surface area contributed by atoms with Crippen molar-refractivity contribution in [2.24, 2.45) is 0 Å². The van der Waals surface area contributed by atoms with Gasteiger partial charge in [-0.15, -0.1) is 0 Å². The number of nitrogens with one attached hydrogen (secondary N) is 2. The second kappa shape index (κ2) is 8.90. The maximum Gasteiger partial charge on any atom is 0.246 e. The number of piperidine rings is 1. The summed E-state index contributed by atoms with van der Waals surface area (Å²) in [5, 5.41) is 3.38. The van der Waals surface area contributed by atoms with Gasteiger partial charge in [-0.1, -0.05) is 6.07 Å². The number of anilines is 2. The Morgan fingerprint density at radius 2 is 2.13 bits per heavy atom. The standard InChI is InChI=1S/C23H26N6O/c1-16-5-3-7-22(27-16)28-20-11-17(2)26-21(12-20)18-6-4-10-29(14-18)23(30)9-8-19-13-24-15-25-19/h3,5,7-9,11-13,15,18H,4,6,10,14H2,1-2H3,(H,24,25)(H,26,27,28). The molecule has 0 aromatic carbocycles. The molecule has 7 heteroatoms. The summed E-state index contributed by atoms with van der Waals surface area (Å²) >= 11 is 0. The summed E-state index contributed by atoms with van der Waals surface area (Å²) < 4.78 is 0. The fourth-order valence-corrected chi connectivity index (χ4v) is 3.78. The third-order valence-electron chi connectivity index (χ3n) is 5.21. The first kappa shape index (κ1) is 19.8. The number of aromatic amines is 1. The molecule has 0 radical (unpaired) electrons. The van der Waals surface area contributed by atoms with Gasteiger partial charge < -0.3 is 15.2 Å². The first-order chi connectivity index (χ1) is 14.6. The third-order valence-corrected chi connectivity index (χ3v) is 5.21. The van der Waals surface area contributed by atoms with E-state index in [1.165, 1.54) is 0 Å². The first-order valence-electron chi connectivity index (χ1n) is 10.2. The minimum atomic E-state index is 0.0178. The van der Waals surface area contributed by atoms with Gasteiger partial charge in [0.05, 0.1) is 18.2 Å². The number of hydrogen-bond donors (Lipinski definition) is 2. The molecule has 3 aromatic heterocycles. The topological polar surface area (TPSA) is 86.8 Å². The molecule has 1 aliphatic heterocycles. The molecule has 1 amide bonds. The predicted molar refractivity (Wildman–Crippen MR) is 117 cm³/mol. The lowest BCUT2D eigenvalue weighted by Gasteiger charge is -2.32. The van der Waals surface area contributed by atoms with Gasteiger partial charge in [0.2, 0.25) is 5.91 Å². The van der Waals surface area contributed by atoms with Crippen LogP contribution < -0.4 is 5.32 Å². The Balaban J connectivity index is 1.47. The number of amides is 1. The summed E-state index contributed by atoms with van der Waals surface area (Å²) in [5.74, 6) is 1.05. The molecule has 0 spiro atoms. The minimum absolute atomic E-state index is 0.0178. The zero-order valence-corrected chi connectivity index (χ0v) is 17.3. The molecule has 154 valence electrons. The van der Waals surface area contributed by atoms with E-state index in [1.807, 2.05) is 43.0 Å². The third kappa shape index (κ3) is 4.92. The zero-order chi connectivity index (χ0) is 20.9. The van der Waals surface area contributed by atoms with Crippen molar-refractivity contribution in [1.29, 1.82) is 0 Å². The van der Waals surface area contributed by atoms with E-state index >= 15 is 0 Å². The molecule has 0 bridgehead atoms. The smallest absolute Gasteiger partial charge is 0.246 e. The van der Waals surface area contributed by atoms with Crippen LogP contribution >= 0.6 is 0 Å². The molecule has 1 saturated heterocycles. The summed E-state index contributed by atoms with van der Waals surface area (Å²) in [7, 11) is 0. The number of pyridine rings is 2. The molecule has 0 aliphatic carbocycles. The number of likely N-dealkylation sites (tertiary alicyclic amines) is 1. The van der Waals surface area contributed by atoms with Crippen LogP contribution in [-0.4, -0.2) is 43.8 Å². The van der Waals surface area contributed by atoms with E-state index in [0.29, 0.717) is 6.54 Å². The fraction of sp³-hybridized carbons (Fsp3) is 0.304. The van der Waals surface area contributed by atoms with E-state index in [-0.39, 0.29) is 11.8 Å². The van der Waals surface area contributed by atoms with Crippen LogP contribution in [0, 0.1) is 13.8 Å². The lowest BCUT2D eigenvalue weighted by atomic mass is 9.93. The van der Waals surface area contributed by atoms with Gasteiger partial charge in [-0.2, -0.15) is 0 Å². The summed E-state index contributed by atoms with van der Waals surface area (Å²) in [4.78, 5) is 30.8. The van der Waals surface area contributed by atoms with Crippen LogP contribution in [-0.2, 0) is 4.79 Å². The normalized spacial score (nSPS) is 16.7. The van der Waals surface area contributed by atoms with Gasteiger partial charge in [-0.3, -0.25) is 9.78 Å². The monoisotopic (exact) mass is 402 g/mol. The van der Waals surface area contributed by atoms with E-state index in [4.69, 9.17) is 4.98 Å². The molecule has 4 rings (SSSR count). The van der Waals surface area contributed by atoms with E-state index in [9.17, 15) is 4.79 Å². The Bertz CT molecular complexity index is 1040. The largest absolute Gasteiger partial charge is 0.345 e. The molecule has 7 nitrogen and oxygen atoms in total. The van der Waals surface area contributed by atoms with Gasteiger partial charge in [-0.25, -0.2) is 9.97 Å². The summed E-state index contributed by atoms with van der Waals surface area (Å²) in [6, 6.07) is 10.0. The predicted octanol–water partition coefficient (Wildman–Crippen LogP) is 3.98.